The van der Waals surface area contributed by atoms with Crippen LogP contribution in [0.3, 0.4) is 0 Å². The number of rotatable bonds is 7. The van der Waals surface area contributed by atoms with E-state index in [1.165, 1.54) is 16.7 Å². The van der Waals surface area contributed by atoms with Crippen molar-refractivity contribution in [3.63, 3.8) is 0 Å². The molecule has 328 valence electrons. The Morgan fingerprint density at radius 3 is 1.64 bits per heavy atom. The molecule has 1 aliphatic carbocycles. The van der Waals surface area contributed by atoms with Crippen molar-refractivity contribution < 1.29 is 13.9 Å². The molecule has 0 N–H and O–H groups in total. The first-order valence-electron chi connectivity index (χ1n) is 23.5. The number of para-hydroxylation sites is 2. The molecule has 0 amide bonds. The summed E-state index contributed by atoms with van der Waals surface area (Å²) in [5.74, 6) is 4.36. The van der Waals surface area contributed by atoms with E-state index >= 15 is 0 Å². The second-order valence-electron chi connectivity index (χ2n) is 17.8. The average molecular weight is 898 g/mol. The Labute approximate surface area is 403 Å². The van der Waals surface area contributed by atoms with Crippen molar-refractivity contribution in [1.29, 1.82) is 0 Å². The molecular weight excluding hydrogens is 859 g/mol. The van der Waals surface area contributed by atoms with E-state index in [1.807, 2.05) is 66.7 Å². The third kappa shape index (κ3) is 6.17. The standard InChI is InChI=1S/C64H39N3O3/c1-4-17-41(18-5-1)61-65-62(42-33-31-40(32-34-42)47-27-16-28-49-48-24-13-15-30-54(48)69-59(47)49)67-63(66-61)50-25-11-10-23-46(50)43-35-37-55-57(39-43)70-60-56(68-55)38-36-53-58(60)51-26-12-14-29-52(51)64(53,44-19-6-2-7-20-44)45-21-8-3-9-22-45/h1-39H. The molecule has 0 unspecified atom stereocenters. The van der Waals surface area contributed by atoms with Crippen LogP contribution in [0, 0.1) is 0 Å². The maximum absolute atomic E-state index is 7.11. The maximum atomic E-state index is 7.11. The van der Waals surface area contributed by atoms with Crippen LogP contribution in [0.1, 0.15) is 22.3 Å². The van der Waals surface area contributed by atoms with Crippen LogP contribution in [-0.4, -0.2) is 15.0 Å². The fourth-order valence-corrected chi connectivity index (χ4v) is 10.8. The van der Waals surface area contributed by atoms with Crippen LogP contribution >= 0.6 is 0 Å². The lowest BCUT2D eigenvalue weighted by molar-refractivity contribution is 0.360. The molecule has 3 heterocycles. The largest absolute Gasteiger partial charge is 0.455 e. The number of ether oxygens (including phenoxy) is 2. The van der Waals surface area contributed by atoms with E-state index in [2.05, 4.69) is 170 Å². The van der Waals surface area contributed by atoms with Crippen LogP contribution in [0.5, 0.6) is 23.0 Å². The van der Waals surface area contributed by atoms with Gasteiger partial charge in [0.15, 0.2) is 40.5 Å². The second kappa shape index (κ2) is 15.9. The van der Waals surface area contributed by atoms with Crippen molar-refractivity contribution in [3.8, 4) is 90.5 Å². The molecule has 0 radical (unpaired) electrons. The summed E-state index contributed by atoms with van der Waals surface area (Å²) in [5.41, 5.74) is 14.6. The van der Waals surface area contributed by atoms with E-state index in [0.717, 1.165) is 77.6 Å². The van der Waals surface area contributed by atoms with Crippen molar-refractivity contribution in [2.45, 2.75) is 5.41 Å². The molecule has 70 heavy (non-hydrogen) atoms. The Bertz CT molecular complexity index is 3960. The van der Waals surface area contributed by atoms with Crippen molar-refractivity contribution >= 4 is 21.9 Å². The predicted molar refractivity (Wildman–Crippen MR) is 278 cm³/mol. The number of aromatic nitrogens is 3. The van der Waals surface area contributed by atoms with Crippen LogP contribution in [0.15, 0.2) is 241 Å². The second-order valence-corrected chi connectivity index (χ2v) is 17.8. The fraction of sp³-hybridized carbons (Fsp3) is 0.0156. The molecule has 2 aromatic heterocycles. The van der Waals surface area contributed by atoms with Gasteiger partial charge in [0, 0.05) is 38.6 Å². The van der Waals surface area contributed by atoms with E-state index in [1.54, 1.807) is 0 Å². The van der Waals surface area contributed by atoms with E-state index in [0.29, 0.717) is 40.5 Å². The fourth-order valence-electron chi connectivity index (χ4n) is 10.8. The zero-order valence-corrected chi connectivity index (χ0v) is 37.6. The van der Waals surface area contributed by atoms with E-state index in [-0.39, 0.29) is 0 Å². The highest BCUT2D eigenvalue weighted by molar-refractivity contribution is 6.09. The van der Waals surface area contributed by atoms with Gasteiger partial charge < -0.3 is 13.9 Å². The number of hydrogen-bond donors (Lipinski definition) is 0. The summed E-state index contributed by atoms with van der Waals surface area (Å²) in [7, 11) is 0. The zero-order chi connectivity index (χ0) is 46.2. The van der Waals surface area contributed by atoms with Gasteiger partial charge >= 0.3 is 0 Å². The van der Waals surface area contributed by atoms with Crippen molar-refractivity contribution in [2.75, 3.05) is 0 Å². The van der Waals surface area contributed by atoms with Gasteiger partial charge in [0.1, 0.15) is 11.2 Å². The quantitative estimate of drug-likeness (QED) is 0.159. The third-order valence-corrected chi connectivity index (χ3v) is 13.9. The van der Waals surface area contributed by atoms with Crippen LogP contribution < -0.4 is 9.47 Å². The summed E-state index contributed by atoms with van der Waals surface area (Å²) in [6, 6.07) is 81.9. The molecule has 0 saturated carbocycles. The topological polar surface area (TPSA) is 70.3 Å². The first kappa shape index (κ1) is 39.7. The third-order valence-electron chi connectivity index (χ3n) is 13.9. The molecule has 0 saturated heterocycles. The Kier molecular flexibility index (Phi) is 9.01. The van der Waals surface area contributed by atoms with Crippen LogP contribution in [0.25, 0.3) is 89.5 Å². The molecule has 10 aromatic carbocycles. The Hall–Kier alpha value is -9.39. The van der Waals surface area contributed by atoms with Gasteiger partial charge in [-0.25, -0.2) is 15.0 Å². The molecule has 6 nitrogen and oxygen atoms in total. The SMILES string of the molecule is c1ccc(-c2nc(-c3ccc(-c4cccc5c4oc4ccccc45)cc3)nc(-c3ccccc3-c3ccc4c(c3)Oc3c(ccc5c3-c3ccccc3C5(c3ccccc3)c3ccccc3)O4)n2)cc1. The molecule has 2 aliphatic rings. The van der Waals surface area contributed by atoms with Gasteiger partial charge in [0.2, 0.25) is 0 Å². The molecule has 14 rings (SSSR count). The molecule has 0 spiro atoms. The van der Waals surface area contributed by atoms with Gasteiger partial charge in [-0.1, -0.05) is 212 Å². The number of nitrogens with zero attached hydrogens (tertiary/aromatic N) is 3. The van der Waals surface area contributed by atoms with Gasteiger partial charge in [-0.2, -0.15) is 0 Å². The zero-order valence-electron chi connectivity index (χ0n) is 37.6. The van der Waals surface area contributed by atoms with E-state index in [9.17, 15) is 0 Å². The summed E-state index contributed by atoms with van der Waals surface area (Å²) in [6.07, 6.45) is 0. The molecule has 0 fully saturated rings. The van der Waals surface area contributed by atoms with Gasteiger partial charge in [-0.05, 0) is 68.8 Å². The monoisotopic (exact) mass is 897 g/mol. The highest BCUT2D eigenvalue weighted by Crippen LogP contribution is 2.62. The van der Waals surface area contributed by atoms with Crippen LogP contribution in [-0.2, 0) is 5.41 Å². The number of fused-ring (bicyclic) bond motifs is 9. The molecular formula is C64H39N3O3. The molecule has 0 atom stereocenters. The molecule has 1 aliphatic heterocycles. The van der Waals surface area contributed by atoms with Gasteiger partial charge in [0.05, 0.1) is 5.41 Å². The number of furan rings is 1. The minimum atomic E-state index is -0.567. The maximum Gasteiger partial charge on any atom is 0.178 e. The minimum absolute atomic E-state index is 0.559. The van der Waals surface area contributed by atoms with Gasteiger partial charge in [-0.3, -0.25) is 0 Å². The highest BCUT2D eigenvalue weighted by Gasteiger charge is 2.48. The smallest absolute Gasteiger partial charge is 0.178 e. The van der Waals surface area contributed by atoms with Crippen molar-refractivity contribution in [1.82, 2.24) is 15.0 Å². The molecule has 6 heteroatoms. The summed E-state index contributed by atoms with van der Waals surface area (Å²) in [6.45, 7) is 0. The van der Waals surface area contributed by atoms with Crippen molar-refractivity contribution in [3.05, 3.63) is 259 Å². The number of hydrogen-bond acceptors (Lipinski definition) is 6. The molecule has 12 aromatic rings. The first-order chi connectivity index (χ1) is 34.7. The predicted octanol–water partition coefficient (Wildman–Crippen LogP) is 16.4. The van der Waals surface area contributed by atoms with Gasteiger partial charge in [0.25, 0.3) is 0 Å². The van der Waals surface area contributed by atoms with Crippen molar-refractivity contribution in [2.24, 2.45) is 0 Å². The lowest BCUT2D eigenvalue weighted by Crippen LogP contribution is -2.28. The van der Waals surface area contributed by atoms with E-state index < -0.39 is 5.41 Å². The summed E-state index contributed by atoms with van der Waals surface area (Å²) in [4.78, 5) is 15.4. The lowest BCUT2D eigenvalue weighted by Gasteiger charge is -2.34. The Morgan fingerprint density at radius 2 is 0.886 bits per heavy atom. The van der Waals surface area contributed by atoms with Crippen LogP contribution in [0.2, 0.25) is 0 Å². The lowest BCUT2D eigenvalue weighted by atomic mass is 9.68. The minimum Gasteiger partial charge on any atom is -0.455 e. The highest BCUT2D eigenvalue weighted by atomic mass is 16.6. The average Bonchev–Trinajstić information content (AvgIpc) is 3.97. The molecule has 0 bridgehead atoms. The Balaban J connectivity index is 0.863. The van der Waals surface area contributed by atoms with E-state index in [4.69, 9.17) is 28.8 Å². The Morgan fingerprint density at radius 1 is 0.329 bits per heavy atom. The number of benzene rings is 10. The summed E-state index contributed by atoms with van der Waals surface area (Å²) < 4.78 is 20.2. The summed E-state index contributed by atoms with van der Waals surface area (Å²) in [5, 5.41) is 2.20. The first-order valence-corrected chi connectivity index (χ1v) is 23.5. The normalized spacial score (nSPS) is 12.9. The summed E-state index contributed by atoms with van der Waals surface area (Å²) >= 11 is 0. The van der Waals surface area contributed by atoms with Gasteiger partial charge in [-0.15, -0.1) is 0 Å². The van der Waals surface area contributed by atoms with Crippen LogP contribution in [0.4, 0.5) is 0 Å².